The number of hydrogen-bond acceptors (Lipinski definition) is 3. The van der Waals surface area contributed by atoms with Crippen LogP contribution < -0.4 is 0 Å². The maximum Gasteiger partial charge on any atom is 0.303 e. The average Bonchev–Trinajstić information content (AvgIpc) is 2.27. The summed E-state index contributed by atoms with van der Waals surface area (Å²) in [6.07, 6.45) is 2.27. The number of carbonyl (C=O) groups is 2. The Labute approximate surface area is 105 Å². The Bertz CT molecular complexity index is 415. The van der Waals surface area contributed by atoms with E-state index in [4.69, 9.17) is 5.11 Å². The third-order valence-corrected chi connectivity index (χ3v) is 3.17. The molecule has 3 nitrogen and oxygen atoms in total. The van der Waals surface area contributed by atoms with Crippen molar-refractivity contribution in [3.63, 3.8) is 0 Å². The number of Topliss-reactive ketones (excluding diaryl/α,β-unsaturated/α-hetero) is 1. The predicted octanol–water partition coefficient (Wildman–Crippen LogP) is 3.09. The molecule has 0 spiro atoms. The smallest absolute Gasteiger partial charge is 0.303 e. The number of hydrogen-bond donors (Lipinski definition) is 1. The van der Waals surface area contributed by atoms with Crippen molar-refractivity contribution in [2.45, 2.75) is 24.7 Å². The molecule has 0 saturated carbocycles. The summed E-state index contributed by atoms with van der Waals surface area (Å²) in [6.45, 7) is 1.78. The van der Waals surface area contributed by atoms with E-state index in [2.05, 4.69) is 0 Å². The van der Waals surface area contributed by atoms with Gasteiger partial charge in [-0.1, -0.05) is 19.1 Å². The monoisotopic (exact) mass is 252 g/mol. The fraction of sp³-hybridized carbons (Fsp3) is 0.385. The Hall–Kier alpha value is -1.29. The quantitative estimate of drug-likeness (QED) is 0.624. The van der Waals surface area contributed by atoms with Crippen LogP contribution in [0.25, 0.3) is 0 Å². The van der Waals surface area contributed by atoms with Crippen LogP contribution in [0.2, 0.25) is 0 Å². The molecule has 0 saturated heterocycles. The number of thioether (sulfide) groups is 1. The van der Waals surface area contributed by atoms with E-state index >= 15 is 0 Å². The molecule has 0 amide bonds. The molecule has 1 aromatic rings. The zero-order chi connectivity index (χ0) is 12.8. The Balaban J connectivity index is 2.66. The molecule has 1 aromatic carbocycles. The van der Waals surface area contributed by atoms with E-state index in [1.807, 2.05) is 24.5 Å². The molecular weight excluding hydrogens is 236 g/mol. The van der Waals surface area contributed by atoms with Crippen molar-refractivity contribution < 1.29 is 14.7 Å². The summed E-state index contributed by atoms with van der Waals surface area (Å²) in [4.78, 5) is 23.5. The van der Waals surface area contributed by atoms with Crippen LogP contribution >= 0.6 is 11.8 Å². The van der Waals surface area contributed by atoms with Crippen LogP contribution in [-0.4, -0.2) is 23.1 Å². The highest BCUT2D eigenvalue weighted by Gasteiger charge is 2.14. The van der Waals surface area contributed by atoms with Crippen LogP contribution in [-0.2, 0) is 4.79 Å². The maximum atomic E-state index is 11.9. The summed E-state index contributed by atoms with van der Waals surface area (Å²) >= 11 is 1.58. The van der Waals surface area contributed by atoms with Gasteiger partial charge < -0.3 is 5.11 Å². The summed E-state index contributed by atoms with van der Waals surface area (Å²) in [5.74, 6) is -0.976. The van der Waals surface area contributed by atoms with Crippen LogP contribution in [0.15, 0.2) is 29.2 Å². The molecule has 0 aliphatic heterocycles. The van der Waals surface area contributed by atoms with Crippen molar-refractivity contribution in [2.24, 2.45) is 5.92 Å². The molecule has 92 valence electrons. The summed E-state index contributed by atoms with van der Waals surface area (Å²) in [6, 6.07) is 7.42. The topological polar surface area (TPSA) is 54.4 Å². The van der Waals surface area contributed by atoms with Gasteiger partial charge in [0.15, 0.2) is 5.78 Å². The van der Waals surface area contributed by atoms with Crippen LogP contribution in [0.1, 0.15) is 30.1 Å². The number of ketones is 1. The summed E-state index contributed by atoms with van der Waals surface area (Å²) in [5, 5.41) is 8.63. The lowest BCUT2D eigenvalue weighted by Gasteiger charge is -2.08. The molecule has 0 aliphatic rings. The van der Waals surface area contributed by atoms with Crippen molar-refractivity contribution in [3.05, 3.63) is 29.8 Å². The van der Waals surface area contributed by atoms with Gasteiger partial charge in [0.2, 0.25) is 0 Å². The molecule has 1 atom stereocenters. The summed E-state index contributed by atoms with van der Waals surface area (Å²) in [7, 11) is 0. The van der Waals surface area contributed by atoms with Crippen LogP contribution in [0, 0.1) is 5.92 Å². The molecule has 1 rings (SSSR count). The molecule has 1 unspecified atom stereocenters. The highest BCUT2D eigenvalue weighted by molar-refractivity contribution is 7.98. The van der Waals surface area contributed by atoms with Gasteiger partial charge in [-0.25, -0.2) is 0 Å². The second kappa shape index (κ2) is 6.45. The first-order chi connectivity index (χ1) is 8.02. The SMILES string of the molecule is CSc1cccc(C(=O)CC(C)CC(=O)O)c1. The highest BCUT2D eigenvalue weighted by Crippen LogP contribution is 2.19. The van der Waals surface area contributed by atoms with Gasteiger partial charge >= 0.3 is 5.97 Å². The number of carbonyl (C=O) groups excluding carboxylic acids is 1. The van der Waals surface area contributed by atoms with E-state index in [0.717, 1.165) is 4.90 Å². The second-order valence-electron chi connectivity index (χ2n) is 4.06. The third kappa shape index (κ3) is 4.61. The number of aliphatic carboxylic acids is 1. The Morgan fingerprint density at radius 2 is 2.06 bits per heavy atom. The Morgan fingerprint density at radius 3 is 2.65 bits per heavy atom. The van der Waals surface area contributed by atoms with Crippen molar-refractivity contribution in [1.29, 1.82) is 0 Å². The molecular formula is C13H16O3S. The number of carboxylic acid groups (broad SMARTS) is 1. The van der Waals surface area contributed by atoms with Crippen molar-refractivity contribution in [2.75, 3.05) is 6.26 Å². The van der Waals surface area contributed by atoms with Gasteiger partial charge in [-0.3, -0.25) is 9.59 Å². The predicted molar refractivity (Wildman–Crippen MR) is 68.6 cm³/mol. The fourth-order valence-corrected chi connectivity index (χ4v) is 2.06. The van der Waals surface area contributed by atoms with E-state index < -0.39 is 5.97 Å². The van der Waals surface area contributed by atoms with E-state index in [0.29, 0.717) is 5.56 Å². The molecule has 0 fully saturated rings. The first kappa shape index (κ1) is 13.8. The summed E-state index contributed by atoms with van der Waals surface area (Å²) in [5.41, 5.74) is 0.661. The lowest BCUT2D eigenvalue weighted by Crippen LogP contribution is -2.10. The Morgan fingerprint density at radius 1 is 1.35 bits per heavy atom. The minimum atomic E-state index is -0.858. The lowest BCUT2D eigenvalue weighted by molar-refractivity contribution is -0.137. The maximum absolute atomic E-state index is 11.9. The van der Waals surface area contributed by atoms with Crippen LogP contribution in [0.4, 0.5) is 0 Å². The van der Waals surface area contributed by atoms with E-state index in [1.165, 1.54) is 0 Å². The van der Waals surface area contributed by atoms with Gasteiger partial charge in [0, 0.05) is 23.3 Å². The molecule has 17 heavy (non-hydrogen) atoms. The van der Waals surface area contributed by atoms with Gasteiger partial charge in [0.1, 0.15) is 0 Å². The molecule has 0 heterocycles. The van der Waals surface area contributed by atoms with Gasteiger partial charge in [-0.05, 0) is 24.3 Å². The molecule has 4 heteroatoms. The number of carboxylic acids is 1. The standard InChI is InChI=1S/C13H16O3S/c1-9(7-13(15)16)6-12(14)10-4-3-5-11(8-10)17-2/h3-5,8-9H,6-7H2,1-2H3,(H,15,16). The largest absolute Gasteiger partial charge is 0.481 e. The molecule has 0 bridgehead atoms. The third-order valence-electron chi connectivity index (χ3n) is 2.45. The van der Waals surface area contributed by atoms with E-state index in [1.54, 1.807) is 24.8 Å². The van der Waals surface area contributed by atoms with Crippen LogP contribution in [0.5, 0.6) is 0 Å². The van der Waals surface area contributed by atoms with Gasteiger partial charge in [-0.15, -0.1) is 11.8 Å². The van der Waals surface area contributed by atoms with Crippen molar-refractivity contribution >= 4 is 23.5 Å². The lowest BCUT2D eigenvalue weighted by atomic mass is 9.97. The molecule has 0 radical (unpaired) electrons. The molecule has 0 aliphatic carbocycles. The normalized spacial score (nSPS) is 12.1. The number of rotatable bonds is 6. The average molecular weight is 252 g/mol. The molecule has 0 aromatic heterocycles. The van der Waals surface area contributed by atoms with Gasteiger partial charge in [0.25, 0.3) is 0 Å². The van der Waals surface area contributed by atoms with E-state index in [-0.39, 0.29) is 24.5 Å². The summed E-state index contributed by atoms with van der Waals surface area (Å²) < 4.78 is 0. The minimum Gasteiger partial charge on any atom is -0.481 e. The van der Waals surface area contributed by atoms with Crippen LogP contribution in [0.3, 0.4) is 0 Å². The molecule has 1 N–H and O–H groups in total. The first-order valence-electron chi connectivity index (χ1n) is 5.42. The van der Waals surface area contributed by atoms with Crippen molar-refractivity contribution in [1.82, 2.24) is 0 Å². The van der Waals surface area contributed by atoms with Gasteiger partial charge in [-0.2, -0.15) is 0 Å². The first-order valence-corrected chi connectivity index (χ1v) is 6.64. The van der Waals surface area contributed by atoms with Gasteiger partial charge in [0.05, 0.1) is 0 Å². The Kier molecular flexibility index (Phi) is 5.22. The van der Waals surface area contributed by atoms with Crippen molar-refractivity contribution in [3.8, 4) is 0 Å². The minimum absolute atomic E-state index is 0.00894. The highest BCUT2D eigenvalue weighted by atomic mass is 32.2. The second-order valence-corrected chi connectivity index (χ2v) is 4.94. The number of benzene rings is 1. The zero-order valence-electron chi connectivity index (χ0n) is 9.97. The zero-order valence-corrected chi connectivity index (χ0v) is 10.8. The van der Waals surface area contributed by atoms with E-state index in [9.17, 15) is 9.59 Å². The fourth-order valence-electron chi connectivity index (χ4n) is 1.60.